The van der Waals surface area contributed by atoms with Gasteiger partial charge in [0.15, 0.2) is 0 Å². The van der Waals surface area contributed by atoms with Crippen molar-refractivity contribution in [2.24, 2.45) is 23.0 Å². The van der Waals surface area contributed by atoms with Gasteiger partial charge in [-0.2, -0.15) is 11.8 Å². The molecule has 5 aliphatic rings. The Morgan fingerprint density at radius 1 is 1.07 bits per heavy atom. The molecular weight excluding hydrogens is 392 g/mol. The summed E-state index contributed by atoms with van der Waals surface area (Å²) in [5.41, 5.74) is 8.28. The molecule has 4 bridgehead atoms. The molecule has 0 spiro atoms. The van der Waals surface area contributed by atoms with Crippen LogP contribution in [0.5, 0.6) is 0 Å². The molecule has 5 aliphatic carbocycles. The highest BCUT2D eigenvalue weighted by atomic mass is 32.2. The second-order valence-electron chi connectivity index (χ2n) is 10.4. The van der Waals surface area contributed by atoms with E-state index >= 15 is 0 Å². The third-order valence-corrected chi connectivity index (χ3v) is 10.6. The summed E-state index contributed by atoms with van der Waals surface area (Å²) < 4.78 is 0. The average molecular weight is 429 g/mol. The average Bonchev–Trinajstić information content (AvgIpc) is 2.72. The summed E-state index contributed by atoms with van der Waals surface area (Å²) in [6.45, 7) is 2.33. The standard InChI is InChI=1S/C25H36N2S2/c1-2-29-22-17-12-24(19-6-4-3-5-7-19)13-18(22)15-25(14-17,16-24)23(28)27-21-10-8-20(26)9-11-21/h3-7,17-18,20-22H,2,8-16,26H2,1H3,(H,27,28)/t17?,18?,20-,21-,22?,24?,25?. The number of nitrogens with two attached hydrogens (primary N) is 1. The molecule has 0 amide bonds. The lowest BCUT2D eigenvalue weighted by atomic mass is 9.42. The minimum absolute atomic E-state index is 0.224. The van der Waals surface area contributed by atoms with Gasteiger partial charge in [0.05, 0.1) is 4.99 Å². The molecule has 3 N–H and O–H groups in total. The Kier molecular flexibility index (Phi) is 5.49. The van der Waals surface area contributed by atoms with Crippen molar-refractivity contribution in [3.63, 3.8) is 0 Å². The van der Waals surface area contributed by atoms with E-state index in [4.69, 9.17) is 18.0 Å². The quantitative estimate of drug-likeness (QED) is 0.612. The first kappa shape index (κ1) is 20.3. The highest BCUT2D eigenvalue weighted by Gasteiger charge is 2.62. The van der Waals surface area contributed by atoms with E-state index in [0.29, 0.717) is 17.5 Å². The maximum atomic E-state index is 6.21. The molecule has 2 atom stereocenters. The Morgan fingerprint density at radius 3 is 2.34 bits per heavy atom. The predicted molar refractivity (Wildman–Crippen MR) is 129 cm³/mol. The summed E-state index contributed by atoms with van der Waals surface area (Å²) in [5.74, 6) is 2.88. The van der Waals surface area contributed by atoms with Crippen LogP contribution in [0.1, 0.15) is 70.3 Å². The van der Waals surface area contributed by atoms with Crippen molar-refractivity contribution in [3.8, 4) is 0 Å². The van der Waals surface area contributed by atoms with Gasteiger partial charge in [-0.1, -0.05) is 49.5 Å². The zero-order valence-electron chi connectivity index (χ0n) is 17.7. The van der Waals surface area contributed by atoms with E-state index in [0.717, 1.165) is 29.9 Å². The fraction of sp³-hybridized carbons (Fsp3) is 0.720. The van der Waals surface area contributed by atoms with Gasteiger partial charge < -0.3 is 11.1 Å². The van der Waals surface area contributed by atoms with Gasteiger partial charge in [0.2, 0.25) is 0 Å². The topological polar surface area (TPSA) is 38.0 Å². The maximum Gasteiger partial charge on any atom is 0.0818 e. The van der Waals surface area contributed by atoms with Crippen LogP contribution in [0.15, 0.2) is 30.3 Å². The molecule has 6 rings (SSSR count). The third kappa shape index (κ3) is 3.57. The van der Waals surface area contributed by atoms with E-state index in [1.807, 2.05) is 0 Å². The lowest BCUT2D eigenvalue weighted by molar-refractivity contribution is -0.0297. The Labute approximate surface area is 186 Å². The zero-order valence-corrected chi connectivity index (χ0v) is 19.4. The van der Waals surface area contributed by atoms with E-state index < -0.39 is 0 Å². The number of benzene rings is 1. The van der Waals surface area contributed by atoms with Crippen LogP contribution >= 0.6 is 24.0 Å². The molecule has 29 heavy (non-hydrogen) atoms. The minimum Gasteiger partial charge on any atom is -0.376 e. The molecule has 158 valence electrons. The van der Waals surface area contributed by atoms with Gasteiger partial charge in [-0.3, -0.25) is 0 Å². The molecule has 0 aliphatic heterocycles. The molecule has 2 nitrogen and oxygen atoms in total. The zero-order chi connectivity index (χ0) is 20.1. The van der Waals surface area contributed by atoms with Crippen LogP contribution in [0.25, 0.3) is 0 Å². The first-order valence-electron chi connectivity index (χ1n) is 11.8. The van der Waals surface area contributed by atoms with Gasteiger partial charge in [-0.15, -0.1) is 0 Å². The van der Waals surface area contributed by atoms with Crippen molar-refractivity contribution < 1.29 is 0 Å². The first-order chi connectivity index (χ1) is 14.0. The van der Waals surface area contributed by atoms with E-state index in [-0.39, 0.29) is 5.41 Å². The molecule has 0 heterocycles. The van der Waals surface area contributed by atoms with Crippen molar-refractivity contribution in [1.82, 2.24) is 5.32 Å². The van der Waals surface area contributed by atoms with Crippen LogP contribution in [-0.2, 0) is 5.41 Å². The number of thioether (sulfide) groups is 1. The SMILES string of the molecule is CCSC1C2CC3(C(=S)N[C@H]4CC[C@H](N)CC4)CC1CC(c1ccccc1)(C2)C3. The molecule has 5 fully saturated rings. The molecular formula is C25H36N2S2. The molecule has 2 unspecified atom stereocenters. The predicted octanol–water partition coefficient (Wildman–Crippen LogP) is 5.44. The smallest absolute Gasteiger partial charge is 0.0818 e. The van der Waals surface area contributed by atoms with Crippen LogP contribution in [0, 0.1) is 17.3 Å². The van der Waals surface area contributed by atoms with Crippen LogP contribution in [0.2, 0.25) is 0 Å². The fourth-order valence-electron chi connectivity index (χ4n) is 7.57. The Bertz CT molecular complexity index is 724. The van der Waals surface area contributed by atoms with Gasteiger partial charge in [0.1, 0.15) is 0 Å². The van der Waals surface area contributed by atoms with Crippen molar-refractivity contribution in [3.05, 3.63) is 35.9 Å². The van der Waals surface area contributed by atoms with E-state index in [9.17, 15) is 0 Å². The number of nitrogens with one attached hydrogen (secondary N) is 1. The van der Waals surface area contributed by atoms with Gasteiger partial charge in [0.25, 0.3) is 0 Å². The number of rotatable bonds is 5. The molecule has 5 saturated carbocycles. The summed E-state index contributed by atoms with van der Waals surface area (Å²) in [5, 5.41) is 4.73. The van der Waals surface area contributed by atoms with E-state index in [1.165, 1.54) is 55.7 Å². The third-order valence-electron chi connectivity index (χ3n) is 8.55. The summed E-state index contributed by atoms with van der Waals surface area (Å²) in [7, 11) is 0. The van der Waals surface area contributed by atoms with Crippen LogP contribution in [0.3, 0.4) is 0 Å². The van der Waals surface area contributed by atoms with Gasteiger partial charge in [-0.25, -0.2) is 0 Å². The van der Waals surface area contributed by atoms with Crippen LogP contribution in [-0.4, -0.2) is 28.1 Å². The van der Waals surface area contributed by atoms with Gasteiger partial charge in [-0.05, 0) is 86.4 Å². The van der Waals surface area contributed by atoms with Crippen molar-refractivity contribution in [1.29, 1.82) is 0 Å². The lowest BCUT2D eigenvalue weighted by Gasteiger charge is -2.65. The Balaban J connectivity index is 1.42. The van der Waals surface area contributed by atoms with Crippen molar-refractivity contribution >= 4 is 29.0 Å². The maximum absolute atomic E-state index is 6.21. The molecule has 1 aromatic rings. The monoisotopic (exact) mass is 428 g/mol. The summed E-state index contributed by atoms with van der Waals surface area (Å²) in [6, 6.07) is 12.4. The highest BCUT2D eigenvalue weighted by molar-refractivity contribution is 7.99. The normalized spacial score (nSPS) is 43.3. The summed E-state index contributed by atoms with van der Waals surface area (Å²) in [6.07, 6.45) is 11.3. The summed E-state index contributed by atoms with van der Waals surface area (Å²) >= 11 is 8.44. The molecule has 4 heteroatoms. The summed E-state index contributed by atoms with van der Waals surface area (Å²) in [4.78, 5) is 1.20. The fourth-order valence-corrected chi connectivity index (χ4v) is 9.29. The number of hydrogen-bond acceptors (Lipinski definition) is 3. The Morgan fingerprint density at radius 2 is 1.72 bits per heavy atom. The largest absolute Gasteiger partial charge is 0.376 e. The number of thiocarbonyl (C=S) groups is 1. The van der Waals surface area contributed by atoms with E-state index in [1.54, 1.807) is 5.56 Å². The van der Waals surface area contributed by atoms with Gasteiger partial charge >= 0.3 is 0 Å². The highest BCUT2D eigenvalue weighted by Crippen LogP contribution is 2.67. The second-order valence-corrected chi connectivity index (χ2v) is 12.3. The molecule has 0 aromatic heterocycles. The van der Waals surface area contributed by atoms with Crippen molar-refractivity contribution in [2.75, 3.05) is 5.75 Å². The minimum atomic E-state index is 0.224. The lowest BCUT2D eigenvalue weighted by Crippen LogP contribution is -2.63. The Hall–Kier alpha value is -0.580. The molecule has 0 saturated heterocycles. The molecule has 0 radical (unpaired) electrons. The van der Waals surface area contributed by atoms with E-state index in [2.05, 4.69) is 54.3 Å². The number of hydrogen-bond donors (Lipinski definition) is 2. The first-order valence-corrected chi connectivity index (χ1v) is 13.2. The van der Waals surface area contributed by atoms with Crippen LogP contribution in [0.4, 0.5) is 0 Å². The van der Waals surface area contributed by atoms with Gasteiger partial charge in [0, 0.05) is 22.7 Å². The van der Waals surface area contributed by atoms with Crippen LogP contribution < -0.4 is 11.1 Å². The molecule has 1 aromatic carbocycles. The second kappa shape index (κ2) is 7.84. The van der Waals surface area contributed by atoms with Crippen molar-refractivity contribution in [2.45, 2.75) is 87.5 Å².